The topological polar surface area (TPSA) is 118 Å². The van der Waals surface area contributed by atoms with Gasteiger partial charge in [-0.3, -0.25) is 23.7 Å². The monoisotopic (exact) mass is 573 g/mol. The molecule has 3 atom stereocenters. The number of imide groups is 1. The van der Waals surface area contributed by atoms with E-state index in [-0.39, 0.29) is 29.0 Å². The number of phenols is 1. The molecule has 1 fully saturated rings. The Morgan fingerprint density at radius 3 is 2.33 bits per heavy atom. The number of thioether (sulfide) groups is 1. The Bertz CT molecular complexity index is 1660. The number of hydrogen-bond acceptors (Lipinski definition) is 8. The molecular formula is C29H23N3O6S2. The van der Waals surface area contributed by atoms with Crippen molar-refractivity contribution in [2.45, 2.75) is 22.7 Å². The van der Waals surface area contributed by atoms with Crippen LogP contribution in [0.1, 0.15) is 16.4 Å². The van der Waals surface area contributed by atoms with Crippen LogP contribution in [-0.4, -0.2) is 39.8 Å². The minimum atomic E-state index is -0.771. The van der Waals surface area contributed by atoms with E-state index in [1.165, 1.54) is 33.4 Å². The van der Waals surface area contributed by atoms with E-state index in [0.717, 1.165) is 16.9 Å². The third-order valence-electron chi connectivity index (χ3n) is 6.99. The molecule has 3 amide bonds. The van der Waals surface area contributed by atoms with Crippen molar-refractivity contribution in [2.24, 2.45) is 5.92 Å². The number of aromatic nitrogens is 1. The van der Waals surface area contributed by atoms with E-state index >= 15 is 0 Å². The zero-order chi connectivity index (χ0) is 28.0. The molecule has 11 heteroatoms. The number of carbonyl (C=O) groups excluding carboxylic acids is 3. The maximum atomic E-state index is 13.9. The Labute approximate surface area is 237 Å². The maximum Gasteiger partial charge on any atom is 0.308 e. The number of nitrogens with one attached hydrogen (secondary N) is 1. The first kappa shape index (κ1) is 25.9. The van der Waals surface area contributed by atoms with Crippen LogP contribution in [0.25, 0.3) is 0 Å². The Balaban J connectivity index is 1.41. The molecule has 6 rings (SSSR count). The first-order valence-corrected chi connectivity index (χ1v) is 14.1. The molecular weight excluding hydrogens is 550 g/mol. The number of ether oxygens (including phenoxy) is 1. The zero-order valence-electron chi connectivity index (χ0n) is 21.1. The van der Waals surface area contributed by atoms with E-state index < -0.39 is 23.0 Å². The number of fused-ring (bicyclic) bond motifs is 2. The van der Waals surface area contributed by atoms with Crippen molar-refractivity contribution in [1.29, 1.82) is 0 Å². The number of para-hydroxylation sites is 1. The molecule has 9 nitrogen and oxygen atoms in total. The zero-order valence-corrected chi connectivity index (χ0v) is 22.8. The van der Waals surface area contributed by atoms with Gasteiger partial charge in [0.05, 0.1) is 23.7 Å². The molecule has 40 heavy (non-hydrogen) atoms. The summed E-state index contributed by atoms with van der Waals surface area (Å²) in [7, 11) is 1.56. The molecule has 1 aromatic heterocycles. The number of amides is 3. The van der Waals surface area contributed by atoms with Gasteiger partial charge in [0.15, 0.2) is 0 Å². The van der Waals surface area contributed by atoms with Crippen molar-refractivity contribution in [2.75, 3.05) is 17.3 Å². The molecule has 3 heterocycles. The predicted octanol–water partition coefficient (Wildman–Crippen LogP) is 4.06. The van der Waals surface area contributed by atoms with Crippen molar-refractivity contribution >= 4 is 52.2 Å². The van der Waals surface area contributed by atoms with Crippen LogP contribution in [0.3, 0.4) is 0 Å². The van der Waals surface area contributed by atoms with Gasteiger partial charge in [-0.2, -0.15) is 0 Å². The fourth-order valence-electron chi connectivity index (χ4n) is 5.15. The number of carbonyl (C=O) groups is 3. The van der Waals surface area contributed by atoms with Crippen LogP contribution in [0.2, 0.25) is 0 Å². The number of thiazole rings is 1. The van der Waals surface area contributed by atoms with Crippen LogP contribution in [0, 0.1) is 5.92 Å². The number of methoxy groups -OCH3 is 1. The third kappa shape index (κ3) is 4.46. The van der Waals surface area contributed by atoms with Gasteiger partial charge in [-0.15, -0.1) is 0 Å². The molecule has 2 aliphatic heterocycles. The number of phenolic OH excluding ortho intramolecular Hbond substituents is 1. The minimum Gasteiger partial charge on any atom is -0.508 e. The predicted molar refractivity (Wildman–Crippen MR) is 152 cm³/mol. The second-order valence-electron chi connectivity index (χ2n) is 9.38. The highest BCUT2D eigenvalue weighted by Gasteiger charge is 2.56. The van der Waals surface area contributed by atoms with E-state index in [9.17, 15) is 24.3 Å². The number of benzene rings is 3. The highest BCUT2D eigenvalue weighted by atomic mass is 32.2. The van der Waals surface area contributed by atoms with Crippen molar-refractivity contribution in [3.63, 3.8) is 0 Å². The summed E-state index contributed by atoms with van der Waals surface area (Å²) in [5.74, 6) is -1.69. The van der Waals surface area contributed by atoms with Gasteiger partial charge >= 0.3 is 4.87 Å². The minimum absolute atomic E-state index is 0.0666. The summed E-state index contributed by atoms with van der Waals surface area (Å²) < 4.78 is 6.68. The van der Waals surface area contributed by atoms with E-state index in [2.05, 4.69) is 5.32 Å². The van der Waals surface area contributed by atoms with Crippen LogP contribution in [0.5, 0.6) is 11.5 Å². The third-order valence-corrected chi connectivity index (χ3v) is 9.60. The van der Waals surface area contributed by atoms with Crippen LogP contribution >= 0.6 is 23.1 Å². The quantitative estimate of drug-likeness (QED) is 0.264. The summed E-state index contributed by atoms with van der Waals surface area (Å²) in [5.41, 5.74) is 1.74. The van der Waals surface area contributed by atoms with Gasteiger partial charge < -0.3 is 15.2 Å². The van der Waals surface area contributed by atoms with Gasteiger partial charge in [-0.1, -0.05) is 53.4 Å². The summed E-state index contributed by atoms with van der Waals surface area (Å²) in [6.07, 6.45) is 0. The van der Waals surface area contributed by atoms with Crippen molar-refractivity contribution in [1.82, 2.24) is 4.57 Å². The Morgan fingerprint density at radius 2 is 1.65 bits per heavy atom. The number of rotatable bonds is 6. The van der Waals surface area contributed by atoms with E-state index in [1.807, 2.05) is 18.2 Å². The lowest BCUT2D eigenvalue weighted by molar-refractivity contribution is -0.122. The molecule has 1 saturated heterocycles. The molecule has 2 aliphatic rings. The fraction of sp³-hybridized carbons (Fsp3) is 0.172. The summed E-state index contributed by atoms with van der Waals surface area (Å²) >= 11 is 2.15. The van der Waals surface area contributed by atoms with Gasteiger partial charge in [0.2, 0.25) is 17.7 Å². The molecule has 0 radical (unpaired) electrons. The van der Waals surface area contributed by atoms with Crippen LogP contribution in [-0.2, 0) is 20.9 Å². The first-order valence-electron chi connectivity index (χ1n) is 12.4. The molecule has 0 saturated carbocycles. The lowest BCUT2D eigenvalue weighted by atomic mass is 9.83. The smallest absolute Gasteiger partial charge is 0.308 e. The lowest BCUT2D eigenvalue weighted by Crippen LogP contribution is -2.33. The summed E-state index contributed by atoms with van der Waals surface area (Å²) in [6, 6.07) is 22.1. The molecule has 3 aromatic carbocycles. The fourth-order valence-corrected chi connectivity index (χ4v) is 7.92. The van der Waals surface area contributed by atoms with Crippen molar-refractivity contribution in [3.8, 4) is 11.5 Å². The van der Waals surface area contributed by atoms with Gasteiger partial charge in [0.25, 0.3) is 0 Å². The number of hydrogen-bond donors (Lipinski definition) is 2. The van der Waals surface area contributed by atoms with Gasteiger partial charge in [-0.25, -0.2) is 4.90 Å². The normalized spacial score (nSPS) is 19.7. The molecule has 0 bridgehead atoms. The Hall–Kier alpha value is -4.35. The van der Waals surface area contributed by atoms with Crippen LogP contribution in [0.4, 0.5) is 11.4 Å². The summed E-state index contributed by atoms with van der Waals surface area (Å²) in [5, 5.41) is 12.0. The van der Waals surface area contributed by atoms with Crippen LogP contribution in [0.15, 0.2) is 88.7 Å². The van der Waals surface area contributed by atoms with E-state index in [4.69, 9.17) is 4.74 Å². The Kier molecular flexibility index (Phi) is 6.68. The highest BCUT2D eigenvalue weighted by Crippen LogP contribution is 2.54. The maximum absolute atomic E-state index is 13.9. The van der Waals surface area contributed by atoms with E-state index in [0.29, 0.717) is 27.0 Å². The number of aromatic hydroxyl groups is 1. The highest BCUT2D eigenvalue weighted by molar-refractivity contribution is 8.00. The van der Waals surface area contributed by atoms with Gasteiger partial charge in [0.1, 0.15) is 23.3 Å². The van der Waals surface area contributed by atoms with E-state index in [1.54, 1.807) is 55.6 Å². The molecule has 0 aliphatic carbocycles. The molecule has 0 spiro atoms. The SMILES string of the molecule is COc1ccc([C@@H]2c3sc(=O)n(CC(=O)Nc4ccc(O)cc4)c3S[C@H]3C(=O)N(c4ccccc4)C(=O)[C@@H]23)cc1. The number of nitrogens with zero attached hydrogens (tertiary/aromatic N) is 2. The molecule has 4 aromatic rings. The number of anilines is 2. The van der Waals surface area contributed by atoms with Gasteiger partial charge in [0, 0.05) is 16.5 Å². The summed E-state index contributed by atoms with van der Waals surface area (Å²) in [4.78, 5) is 55.3. The standard InChI is InChI=1S/C29H23N3O6S2/c1-38-20-13-7-16(8-14-20)22-23-24(27(36)32(26(23)35)18-5-3-2-4-6-18)39-28-25(22)40-29(37)31(28)15-21(34)30-17-9-11-19(33)12-10-17/h2-14,22-24,33H,15H2,1H3,(H,30,34)/t22-,23-,24+/m0/s1. The second kappa shape index (κ2) is 10.3. The largest absolute Gasteiger partial charge is 0.508 e. The molecule has 0 unspecified atom stereocenters. The first-order chi connectivity index (χ1) is 19.4. The van der Waals surface area contributed by atoms with Crippen molar-refractivity contribution in [3.05, 3.63) is 99.0 Å². The van der Waals surface area contributed by atoms with Crippen molar-refractivity contribution < 1.29 is 24.2 Å². The molecule has 2 N–H and O–H groups in total. The van der Waals surface area contributed by atoms with Gasteiger partial charge in [-0.05, 0) is 54.1 Å². The second-order valence-corrected chi connectivity index (χ2v) is 11.5. The lowest BCUT2D eigenvalue weighted by Gasteiger charge is -2.30. The molecule has 202 valence electrons. The Morgan fingerprint density at radius 1 is 0.950 bits per heavy atom. The average molecular weight is 574 g/mol. The average Bonchev–Trinajstić information content (AvgIpc) is 3.41. The summed E-state index contributed by atoms with van der Waals surface area (Å²) in [6.45, 7) is -0.268. The van der Waals surface area contributed by atoms with Crippen LogP contribution < -0.4 is 19.8 Å².